The summed E-state index contributed by atoms with van der Waals surface area (Å²) in [6.07, 6.45) is 4.02. The fourth-order valence-electron chi connectivity index (χ4n) is 1.28. The average molecular weight is 238 g/mol. The van der Waals surface area contributed by atoms with Crippen LogP contribution < -0.4 is 0 Å². The van der Waals surface area contributed by atoms with Crippen LogP contribution in [0.1, 0.15) is 24.2 Å². The molecule has 1 aromatic rings. The van der Waals surface area contributed by atoms with Crippen LogP contribution in [-0.4, -0.2) is 33.4 Å². The lowest BCUT2D eigenvalue weighted by Gasteiger charge is -2.00. The number of allylic oxidation sites excluding steroid dienone is 1. The lowest BCUT2D eigenvalue weighted by atomic mass is 10.3. The van der Waals surface area contributed by atoms with Gasteiger partial charge in [0, 0.05) is 12.3 Å². The van der Waals surface area contributed by atoms with Crippen LogP contribution in [0.25, 0.3) is 0 Å². The Labute approximate surface area is 98.5 Å². The normalized spacial score (nSPS) is 11.3. The molecule has 0 unspecified atom stereocenters. The van der Waals surface area contributed by atoms with Crippen molar-refractivity contribution < 1.29 is 19.4 Å². The molecule has 0 aliphatic rings. The second-order valence-electron chi connectivity index (χ2n) is 3.48. The second-order valence-corrected chi connectivity index (χ2v) is 3.48. The minimum absolute atomic E-state index is 0.307. The van der Waals surface area contributed by atoms with Crippen LogP contribution in [0.4, 0.5) is 0 Å². The molecule has 0 amide bonds. The number of carboxylic acids is 1. The Kier molecular flexibility index (Phi) is 4.45. The van der Waals surface area contributed by atoms with E-state index in [0.29, 0.717) is 24.3 Å². The summed E-state index contributed by atoms with van der Waals surface area (Å²) in [5, 5.41) is 12.5. The summed E-state index contributed by atoms with van der Waals surface area (Å²) in [4.78, 5) is 21.8. The fraction of sp³-hybridized carbons (Fsp3) is 0.364. The summed E-state index contributed by atoms with van der Waals surface area (Å²) in [7, 11) is 0. The van der Waals surface area contributed by atoms with Gasteiger partial charge < -0.3 is 9.84 Å². The Hall–Kier alpha value is -2.11. The number of nitrogens with zero attached hydrogens (tertiary/aromatic N) is 2. The molecule has 1 rings (SSSR count). The topological polar surface area (TPSA) is 81.4 Å². The van der Waals surface area contributed by atoms with E-state index in [4.69, 9.17) is 9.84 Å². The molecular weight excluding hydrogens is 224 g/mol. The van der Waals surface area contributed by atoms with E-state index in [1.165, 1.54) is 17.1 Å². The van der Waals surface area contributed by atoms with Crippen molar-refractivity contribution in [2.24, 2.45) is 0 Å². The van der Waals surface area contributed by atoms with Crippen LogP contribution in [0.5, 0.6) is 0 Å². The molecule has 0 saturated carbocycles. The number of carbonyl (C=O) groups is 2. The van der Waals surface area contributed by atoms with Crippen molar-refractivity contribution in [1.29, 1.82) is 0 Å². The van der Waals surface area contributed by atoms with E-state index in [-0.39, 0.29) is 0 Å². The first-order valence-electron chi connectivity index (χ1n) is 5.12. The van der Waals surface area contributed by atoms with E-state index in [1.807, 2.05) is 0 Å². The zero-order valence-electron chi connectivity index (χ0n) is 9.71. The van der Waals surface area contributed by atoms with Gasteiger partial charge in [-0.2, -0.15) is 5.10 Å². The number of carboxylic acid groups (broad SMARTS) is 1. The van der Waals surface area contributed by atoms with Gasteiger partial charge in [0.25, 0.3) is 0 Å². The quantitative estimate of drug-likeness (QED) is 0.613. The third-order valence-corrected chi connectivity index (χ3v) is 1.93. The average Bonchev–Trinajstić information content (AvgIpc) is 2.65. The molecule has 0 radical (unpaired) electrons. The van der Waals surface area contributed by atoms with Gasteiger partial charge in [-0.25, -0.2) is 9.59 Å². The molecule has 0 aliphatic carbocycles. The van der Waals surface area contributed by atoms with Gasteiger partial charge >= 0.3 is 11.9 Å². The monoisotopic (exact) mass is 238 g/mol. The second kappa shape index (κ2) is 5.83. The Balaban J connectivity index is 2.69. The predicted octanol–water partition coefficient (Wildman–Crippen LogP) is 1.09. The van der Waals surface area contributed by atoms with Crippen LogP contribution in [-0.2, 0) is 16.1 Å². The molecule has 0 saturated heterocycles. The summed E-state index contributed by atoms with van der Waals surface area (Å²) in [5.41, 5.74) is 0.992. The molecule has 17 heavy (non-hydrogen) atoms. The maximum Gasteiger partial charge on any atom is 0.341 e. The van der Waals surface area contributed by atoms with Crippen LogP contribution in [0.2, 0.25) is 0 Å². The molecule has 0 fully saturated rings. The highest BCUT2D eigenvalue weighted by Gasteiger charge is 2.09. The van der Waals surface area contributed by atoms with Crippen molar-refractivity contribution in [1.82, 2.24) is 9.78 Å². The van der Waals surface area contributed by atoms with Crippen LogP contribution in [0.15, 0.2) is 24.0 Å². The van der Waals surface area contributed by atoms with Gasteiger partial charge in [-0.3, -0.25) is 4.68 Å². The third kappa shape index (κ3) is 4.10. The number of ether oxygens (including phenoxy) is 1. The van der Waals surface area contributed by atoms with Crippen LogP contribution in [0.3, 0.4) is 0 Å². The molecular formula is C11H14N2O4. The summed E-state index contributed by atoms with van der Waals surface area (Å²) < 4.78 is 6.30. The summed E-state index contributed by atoms with van der Waals surface area (Å²) >= 11 is 0. The van der Waals surface area contributed by atoms with Crippen LogP contribution >= 0.6 is 0 Å². The van der Waals surface area contributed by atoms with E-state index in [1.54, 1.807) is 13.8 Å². The van der Waals surface area contributed by atoms with E-state index in [9.17, 15) is 9.59 Å². The number of carbonyl (C=O) groups excluding carboxylic acids is 1. The first-order valence-corrected chi connectivity index (χ1v) is 5.12. The Bertz CT molecular complexity index is 448. The highest BCUT2D eigenvalue weighted by Crippen LogP contribution is 2.03. The van der Waals surface area contributed by atoms with Crippen molar-refractivity contribution in [2.75, 3.05) is 6.61 Å². The highest BCUT2D eigenvalue weighted by molar-refractivity contribution is 5.88. The van der Waals surface area contributed by atoms with Crippen molar-refractivity contribution in [2.45, 2.75) is 20.4 Å². The SMILES string of the molecule is CCOC(=O)c1cnn(CC(C)=CC(=O)O)c1. The molecule has 0 aliphatic heterocycles. The molecule has 1 N–H and O–H groups in total. The van der Waals surface area contributed by atoms with Gasteiger partial charge in [-0.1, -0.05) is 0 Å². The molecule has 1 aromatic heterocycles. The maximum absolute atomic E-state index is 11.3. The lowest BCUT2D eigenvalue weighted by Crippen LogP contribution is -2.04. The zero-order chi connectivity index (χ0) is 12.8. The summed E-state index contributed by atoms with van der Waals surface area (Å²) in [6.45, 7) is 4.04. The minimum atomic E-state index is -1.000. The highest BCUT2D eigenvalue weighted by atomic mass is 16.5. The van der Waals surface area contributed by atoms with E-state index in [2.05, 4.69) is 5.10 Å². The molecule has 6 heteroatoms. The van der Waals surface area contributed by atoms with Gasteiger partial charge in [0.15, 0.2) is 0 Å². The predicted molar refractivity (Wildman–Crippen MR) is 59.6 cm³/mol. The molecule has 0 bridgehead atoms. The molecule has 0 aromatic carbocycles. The van der Waals surface area contributed by atoms with E-state index in [0.717, 1.165) is 6.08 Å². The summed E-state index contributed by atoms with van der Waals surface area (Å²) in [6, 6.07) is 0. The standard InChI is InChI=1S/C11H14N2O4/c1-3-17-11(16)9-5-12-13(7-9)6-8(2)4-10(14)15/h4-5,7H,3,6H2,1-2H3,(H,14,15). The third-order valence-electron chi connectivity index (χ3n) is 1.93. The number of aliphatic carboxylic acids is 1. The number of esters is 1. The smallest absolute Gasteiger partial charge is 0.341 e. The first-order chi connectivity index (χ1) is 8.02. The molecule has 1 heterocycles. The van der Waals surface area contributed by atoms with Crippen molar-refractivity contribution in [3.63, 3.8) is 0 Å². The van der Waals surface area contributed by atoms with Crippen LogP contribution in [0, 0.1) is 0 Å². The van der Waals surface area contributed by atoms with Crippen molar-refractivity contribution in [3.05, 3.63) is 29.6 Å². The molecule has 92 valence electrons. The maximum atomic E-state index is 11.3. The van der Waals surface area contributed by atoms with Gasteiger partial charge in [0.2, 0.25) is 0 Å². The Morgan fingerprint density at radius 1 is 1.59 bits per heavy atom. The molecule has 0 spiro atoms. The molecule has 6 nitrogen and oxygen atoms in total. The minimum Gasteiger partial charge on any atom is -0.478 e. The first kappa shape index (κ1) is 13.0. The number of rotatable bonds is 5. The summed E-state index contributed by atoms with van der Waals surface area (Å²) in [5.74, 6) is -1.43. The lowest BCUT2D eigenvalue weighted by molar-refractivity contribution is -0.131. The zero-order valence-corrected chi connectivity index (χ0v) is 9.71. The van der Waals surface area contributed by atoms with Gasteiger partial charge in [0.1, 0.15) is 0 Å². The van der Waals surface area contributed by atoms with E-state index >= 15 is 0 Å². The Morgan fingerprint density at radius 3 is 2.88 bits per heavy atom. The van der Waals surface area contributed by atoms with Gasteiger partial charge in [-0.15, -0.1) is 0 Å². The number of aromatic nitrogens is 2. The van der Waals surface area contributed by atoms with Crippen molar-refractivity contribution in [3.8, 4) is 0 Å². The largest absolute Gasteiger partial charge is 0.478 e. The Morgan fingerprint density at radius 2 is 2.29 bits per heavy atom. The van der Waals surface area contributed by atoms with Crippen molar-refractivity contribution >= 4 is 11.9 Å². The number of hydrogen-bond acceptors (Lipinski definition) is 4. The van der Waals surface area contributed by atoms with Gasteiger partial charge in [-0.05, 0) is 19.4 Å². The molecule has 0 atom stereocenters. The number of hydrogen-bond donors (Lipinski definition) is 1. The van der Waals surface area contributed by atoms with E-state index < -0.39 is 11.9 Å². The van der Waals surface area contributed by atoms with Gasteiger partial charge in [0.05, 0.1) is 24.9 Å². The fourth-order valence-corrected chi connectivity index (χ4v) is 1.28.